The van der Waals surface area contributed by atoms with Crippen LogP contribution < -0.4 is 4.74 Å². The molecular formula is C31H31F2N3O4. The normalized spacial score (nSPS) is 15.8. The zero-order chi connectivity index (χ0) is 28.4. The molecule has 0 spiro atoms. The van der Waals surface area contributed by atoms with Crippen LogP contribution in [0.3, 0.4) is 0 Å². The number of nitrogens with zero attached hydrogens (tertiary/aromatic N) is 3. The predicted octanol–water partition coefficient (Wildman–Crippen LogP) is 5.45. The van der Waals surface area contributed by atoms with Gasteiger partial charge in [0.2, 0.25) is 0 Å². The summed E-state index contributed by atoms with van der Waals surface area (Å²) in [7, 11) is 0. The van der Waals surface area contributed by atoms with Crippen LogP contribution in [0.1, 0.15) is 47.8 Å². The molecule has 2 aliphatic rings. The van der Waals surface area contributed by atoms with E-state index in [1.807, 2.05) is 20.8 Å². The van der Waals surface area contributed by atoms with E-state index in [0.29, 0.717) is 72.9 Å². The highest BCUT2D eigenvalue weighted by atomic mass is 19.1. The van der Waals surface area contributed by atoms with Crippen LogP contribution in [0, 0.1) is 11.6 Å². The molecule has 0 bridgehead atoms. The van der Waals surface area contributed by atoms with E-state index in [1.165, 1.54) is 12.1 Å². The van der Waals surface area contributed by atoms with Crippen molar-refractivity contribution in [3.05, 3.63) is 94.8 Å². The first-order valence-corrected chi connectivity index (χ1v) is 13.2. The number of ether oxygens (including phenoxy) is 2. The Morgan fingerprint density at radius 3 is 2.30 bits per heavy atom. The van der Waals surface area contributed by atoms with Gasteiger partial charge in [0.05, 0.1) is 0 Å². The fraction of sp³-hybridized carbons (Fsp3) is 0.323. The summed E-state index contributed by atoms with van der Waals surface area (Å²) in [5.41, 5.74) is 2.11. The van der Waals surface area contributed by atoms with Crippen molar-refractivity contribution < 1.29 is 27.8 Å². The first kappa shape index (κ1) is 27.5. The van der Waals surface area contributed by atoms with E-state index in [1.54, 1.807) is 47.6 Å². The van der Waals surface area contributed by atoms with Crippen LogP contribution in [0.15, 0.2) is 60.9 Å². The van der Waals surface area contributed by atoms with Gasteiger partial charge in [-0.05, 0) is 68.3 Å². The van der Waals surface area contributed by atoms with Crippen molar-refractivity contribution >= 4 is 23.0 Å². The van der Waals surface area contributed by atoms with Crippen molar-refractivity contribution in [3.63, 3.8) is 0 Å². The van der Waals surface area contributed by atoms with Crippen LogP contribution in [0.5, 0.6) is 5.75 Å². The minimum absolute atomic E-state index is 0.258. The van der Waals surface area contributed by atoms with Crippen LogP contribution in [0.2, 0.25) is 0 Å². The molecule has 0 saturated carbocycles. The lowest BCUT2D eigenvalue weighted by Crippen LogP contribution is -2.50. The Kier molecular flexibility index (Phi) is 7.67. The summed E-state index contributed by atoms with van der Waals surface area (Å²) in [6, 6.07) is 11.9. The fourth-order valence-electron chi connectivity index (χ4n) is 4.96. The molecule has 40 heavy (non-hydrogen) atoms. The van der Waals surface area contributed by atoms with E-state index in [4.69, 9.17) is 9.47 Å². The fourth-order valence-corrected chi connectivity index (χ4v) is 4.96. The smallest absolute Gasteiger partial charge is 0.410 e. The number of aromatic nitrogens is 1. The zero-order valence-corrected chi connectivity index (χ0v) is 22.7. The van der Waals surface area contributed by atoms with E-state index < -0.39 is 17.2 Å². The lowest BCUT2D eigenvalue weighted by atomic mass is 9.95. The minimum Gasteiger partial charge on any atom is -0.492 e. The Labute approximate surface area is 232 Å². The molecule has 0 radical (unpaired) electrons. The highest BCUT2D eigenvalue weighted by molar-refractivity contribution is 6.41. The van der Waals surface area contributed by atoms with Gasteiger partial charge in [0.1, 0.15) is 29.6 Å². The van der Waals surface area contributed by atoms with Gasteiger partial charge in [0.15, 0.2) is 5.78 Å². The third kappa shape index (κ3) is 6.04. The number of hydrogen-bond acceptors (Lipinski definition) is 6. The summed E-state index contributed by atoms with van der Waals surface area (Å²) >= 11 is 0. The van der Waals surface area contributed by atoms with Crippen molar-refractivity contribution in [2.24, 2.45) is 0 Å². The van der Waals surface area contributed by atoms with Gasteiger partial charge in [0, 0.05) is 73.5 Å². The third-order valence-electron chi connectivity index (χ3n) is 6.78. The maximum atomic E-state index is 14.2. The molecule has 0 N–H and O–H groups in total. The van der Waals surface area contributed by atoms with Crippen molar-refractivity contribution in [1.82, 2.24) is 14.8 Å². The van der Waals surface area contributed by atoms with Crippen LogP contribution >= 0.6 is 0 Å². The summed E-state index contributed by atoms with van der Waals surface area (Å²) in [6.07, 6.45) is 2.86. The molecule has 0 atom stereocenters. The summed E-state index contributed by atoms with van der Waals surface area (Å²) in [5.74, 6) is -1.18. The summed E-state index contributed by atoms with van der Waals surface area (Å²) < 4.78 is 39.8. The number of amides is 1. The second-order valence-electron chi connectivity index (χ2n) is 10.8. The molecule has 1 aliphatic heterocycles. The number of carbonyl (C=O) groups is 2. The summed E-state index contributed by atoms with van der Waals surface area (Å²) in [5, 5.41) is 0. The number of Topliss-reactive ketones (excluding diaryl/α,β-unsaturated/α-hetero) is 1. The van der Waals surface area contributed by atoms with E-state index >= 15 is 0 Å². The number of halogens is 2. The van der Waals surface area contributed by atoms with Gasteiger partial charge in [-0.3, -0.25) is 14.7 Å². The van der Waals surface area contributed by atoms with Crippen LogP contribution in [0.25, 0.3) is 11.1 Å². The van der Waals surface area contributed by atoms with Gasteiger partial charge in [-0.25, -0.2) is 13.6 Å². The average molecular weight is 548 g/mol. The molecule has 1 amide bonds. The van der Waals surface area contributed by atoms with Crippen molar-refractivity contribution in [2.45, 2.75) is 26.4 Å². The number of piperazine rings is 1. The Hall–Kier alpha value is -4.11. The van der Waals surface area contributed by atoms with Crippen molar-refractivity contribution in [1.29, 1.82) is 0 Å². The van der Waals surface area contributed by atoms with Crippen LogP contribution in [-0.2, 0) is 4.74 Å². The molecule has 0 unspecified atom stereocenters. The van der Waals surface area contributed by atoms with Crippen molar-refractivity contribution in [3.8, 4) is 5.75 Å². The largest absolute Gasteiger partial charge is 0.492 e. The lowest BCUT2D eigenvalue weighted by Gasteiger charge is -2.35. The Bertz CT molecular complexity index is 1440. The number of rotatable bonds is 6. The summed E-state index contributed by atoms with van der Waals surface area (Å²) in [4.78, 5) is 34.0. The summed E-state index contributed by atoms with van der Waals surface area (Å²) in [6.45, 7) is 9.16. The molecule has 1 aromatic heterocycles. The van der Waals surface area contributed by atoms with Crippen LogP contribution in [0.4, 0.5) is 13.6 Å². The number of benzene rings is 2. The first-order valence-electron chi connectivity index (χ1n) is 13.2. The molecule has 208 valence electrons. The van der Waals surface area contributed by atoms with Gasteiger partial charge in [-0.1, -0.05) is 6.07 Å². The molecular weight excluding hydrogens is 516 g/mol. The predicted molar refractivity (Wildman–Crippen MR) is 147 cm³/mol. The standard InChI is InChI=1S/C31H31F2N3O4/c1-31(2,3)40-30(38)36-11-9-35(10-12-36)13-14-39-24-6-7-25-26(18-24)29(37)28(20-5-4-8-34-19-20)27(25)21-15-22(32)17-23(33)16-21/h4-8,15-19H,9-14H2,1-3H3. The van der Waals surface area contributed by atoms with Gasteiger partial charge in [-0.15, -0.1) is 0 Å². The Balaban J connectivity index is 1.28. The second-order valence-corrected chi connectivity index (χ2v) is 10.8. The van der Waals surface area contributed by atoms with Gasteiger partial charge in [0.25, 0.3) is 0 Å². The quantitative estimate of drug-likeness (QED) is 0.409. The van der Waals surface area contributed by atoms with Gasteiger partial charge in [-0.2, -0.15) is 0 Å². The third-order valence-corrected chi connectivity index (χ3v) is 6.78. The van der Waals surface area contributed by atoms with Gasteiger partial charge < -0.3 is 14.4 Å². The molecule has 1 saturated heterocycles. The molecule has 5 rings (SSSR count). The van der Waals surface area contributed by atoms with Crippen molar-refractivity contribution in [2.75, 3.05) is 39.3 Å². The number of allylic oxidation sites excluding steroid dienone is 1. The molecule has 1 aliphatic carbocycles. The highest BCUT2D eigenvalue weighted by Crippen LogP contribution is 2.43. The number of hydrogen-bond donors (Lipinski definition) is 0. The topological polar surface area (TPSA) is 72.0 Å². The second kappa shape index (κ2) is 11.2. The number of fused-ring (bicyclic) bond motifs is 1. The number of carbonyl (C=O) groups excluding carboxylic acids is 2. The Morgan fingerprint density at radius 2 is 1.65 bits per heavy atom. The molecule has 1 fully saturated rings. The Morgan fingerprint density at radius 1 is 0.925 bits per heavy atom. The zero-order valence-electron chi connectivity index (χ0n) is 22.7. The van der Waals surface area contributed by atoms with E-state index in [2.05, 4.69) is 9.88 Å². The highest BCUT2D eigenvalue weighted by Gasteiger charge is 2.32. The molecule has 2 aromatic carbocycles. The number of pyridine rings is 1. The molecule has 2 heterocycles. The maximum absolute atomic E-state index is 14.2. The maximum Gasteiger partial charge on any atom is 0.410 e. The molecule has 3 aromatic rings. The minimum atomic E-state index is -0.721. The molecule has 9 heteroatoms. The molecule has 7 nitrogen and oxygen atoms in total. The average Bonchev–Trinajstić information content (AvgIpc) is 3.20. The lowest BCUT2D eigenvalue weighted by molar-refractivity contribution is 0.0137. The first-order chi connectivity index (χ1) is 19.1. The SMILES string of the molecule is CC(C)(C)OC(=O)N1CCN(CCOc2ccc3c(c2)C(=O)C(c2cccnc2)=C3c2cc(F)cc(F)c2)CC1. The van der Waals surface area contributed by atoms with Gasteiger partial charge >= 0.3 is 6.09 Å². The monoisotopic (exact) mass is 547 g/mol. The number of ketones is 1. The van der Waals surface area contributed by atoms with Crippen LogP contribution in [-0.4, -0.2) is 71.6 Å². The van der Waals surface area contributed by atoms with E-state index in [0.717, 1.165) is 6.07 Å². The van der Waals surface area contributed by atoms with E-state index in [-0.39, 0.29) is 17.4 Å². The van der Waals surface area contributed by atoms with E-state index in [9.17, 15) is 18.4 Å².